The van der Waals surface area contributed by atoms with E-state index >= 15 is 0 Å². The van der Waals surface area contributed by atoms with Crippen LogP contribution in [0.4, 0.5) is 11.4 Å². The van der Waals surface area contributed by atoms with E-state index in [0.29, 0.717) is 11.3 Å². The second-order valence-corrected chi connectivity index (χ2v) is 4.37. The summed E-state index contributed by atoms with van der Waals surface area (Å²) in [5.41, 5.74) is 1.14. The molecule has 6 nitrogen and oxygen atoms in total. The second-order valence-electron chi connectivity index (χ2n) is 4.37. The van der Waals surface area contributed by atoms with Gasteiger partial charge >= 0.3 is 5.97 Å². The van der Waals surface area contributed by atoms with Gasteiger partial charge in [-0.2, -0.15) is 0 Å². The number of rotatable bonds is 4. The Bertz CT molecular complexity index is 533. The van der Waals surface area contributed by atoms with Crippen LogP contribution in [-0.2, 0) is 4.79 Å². The highest BCUT2D eigenvalue weighted by atomic mass is 16.6. The Morgan fingerprint density at radius 1 is 1.37 bits per heavy atom. The van der Waals surface area contributed by atoms with Crippen LogP contribution >= 0.6 is 0 Å². The molecule has 0 bridgehead atoms. The molecular weight excluding hydrogens is 248 g/mol. The summed E-state index contributed by atoms with van der Waals surface area (Å²) in [5.74, 6) is -1.08. The van der Waals surface area contributed by atoms with Crippen LogP contribution in [0.15, 0.2) is 24.3 Å². The van der Waals surface area contributed by atoms with Gasteiger partial charge in [0.2, 0.25) is 0 Å². The molecule has 1 aromatic rings. The number of nitrogens with zero attached hydrogens (tertiary/aromatic N) is 2. The predicted molar refractivity (Wildman–Crippen MR) is 71.2 cm³/mol. The van der Waals surface area contributed by atoms with Gasteiger partial charge in [-0.05, 0) is 30.5 Å². The molecule has 100 valence electrons. The maximum Gasteiger partial charge on any atom is 0.328 e. The van der Waals surface area contributed by atoms with Gasteiger partial charge in [0.15, 0.2) is 0 Å². The number of nitro groups is 1. The molecule has 0 atom stereocenters. The largest absolute Gasteiger partial charge is 0.478 e. The lowest BCUT2D eigenvalue weighted by Gasteiger charge is -2.17. The molecular formula is C13H14N2O4. The molecule has 0 aliphatic carbocycles. The Balaban J connectivity index is 2.34. The Labute approximate surface area is 110 Å². The lowest BCUT2D eigenvalue weighted by molar-refractivity contribution is -0.384. The molecule has 19 heavy (non-hydrogen) atoms. The Kier molecular flexibility index (Phi) is 3.79. The fourth-order valence-corrected chi connectivity index (χ4v) is 2.18. The number of carboxylic acids is 1. The van der Waals surface area contributed by atoms with Crippen molar-refractivity contribution < 1.29 is 14.8 Å². The van der Waals surface area contributed by atoms with Gasteiger partial charge in [-0.1, -0.05) is 6.07 Å². The van der Waals surface area contributed by atoms with Crippen LogP contribution in [0.25, 0.3) is 6.08 Å². The van der Waals surface area contributed by atoms with Gasteiger partial charge in [0.05, 0.1) is 4.92 Å². The summed E-state index contributed by atoms with van der Waals surface area (Å²) in [5, 5.41) is 19.7. The van der Waals surface area contributed by atoms with E-state index in [0.717, 1.165) is 32.0 Å². The topological polar surface area (TPSA) is 83.7 Å². The van der Waals surface area contributed by atoms with Crippen molar-refractivity contribution in [3.8, 4) is 0 Å². The van der Waals surface area contributed by atoms with Gasteiger partial charge in [-0.25, -0.2) is 4.79 Å². The molecule has 1 fully saturated rings. The maximum absolute atomic E-state index is 11.1. The molecule has 1 aromatic carbocycles. The minimum atomic E-state index is -1.08. The SMILES string of the molecule is O=C(O)/C=C\c1ccc(N2CCCC2)c([N+](=O)[O-])c1. The fraction of sp³-hybridized carbons (Fsp3) is 0.308. The first-order valence-electron chi connectivity index (χ1n) is 6.02. The van der Waals surface area contributed by atoms with Crippen molar-refractivity contribution in [1.29, 1.82) is 0 Å². The molecule has 1 aliphatic rings. The Morgan fingerprint density at radius 2 is 2.05 bits per heavy atom. The molecule has 0 aromatic heterocycles. The predicted octanol–water partition coefficient (Wildman–Crippen LogP) is 2.29. The van der Waals surface area contributed by atoms with Crippen LogP contribution in [0, 0.1) is 10.1 Å². The van der Waals surface area contributed by atoms with Crippen LogP contribution in [-0.4, -0.2) is 29.1 Å². The fourth-order valence-electron chi connectivity index (χ4n) is 2.18. The third-order valence-electron chi connectivity index (χ3n) is 3.06. The molecule has 0 unspecified atom stereocenters. The van der Waals surface area contributed by atoms with E-state index < -0.39 is 10.9 Å². The van der Waals surface area contributed by atoms with Crippen molar-refractivity contribution in [3.05, 3.63) is 40.0 Å². The van der Waals surface area contributed by atoms with Crippen molar-refractivity contribution in [2.24, 2.45) is 0 Å². The Morgan fingerprint density at radius 3 is 2.63 bits per heavy atom. The summed E-state index contributed by atoms with van der Waals surface area (Å²) < 4.78 is 0. The van der Waals surface area contributed by atoms with Gasteiger partial charge in [0.1, 0.15) is 5.69 Å². The monoisotopic (exact) mass is 262 g/mol. The number of anilines is 1. The minimum absolute atomic E-state index is 0.0226. The first-order valence-corrected chi connectivity index (χ1v) is 6.02. The summed E-state index contributed by atoms with van der Waals surface area (Å²) >= 11 is 0. The van der Waals surface area contributed by atoms with Crippen LogP contribution in [0.5, 0.6) is 0 Å². The van der Waals surface area contributed by atoms with Crippen LogP contribution in [0.1, 0.15) is 18.4 Å². The van der Waals surface area contributed by atoms with E-state index in [2.05, 4.69) is 0 Å². The zero-order valence-electron chi connectivity index (χ0n) is 10.3. The first kappa shape index (κ1) is 13.1. The van der Waals surface area contributed by atoms with Crippen molar-refractivity contribution in [3.63, 3.8) is 0 Å². The zero-order valence-corrected chi connectivity index (χ0v) is 10.3. The number of hydrogen-bond acceptors (Lipinski definition) is 4. The molecule has 0 saturated carbocycles. The average Bonchev–Trinajstić information content (AvgIpc) is 2.89. The lowest BCUT2D eigenvalue weighted by Crippen LogP contribution is -2.18. The van der Waals surface area contributed by atoms with Gasteiger partial charge in [-0.3, -0.25) is 10.1 Å². The quantitative estimate of drug-likeness (QED) is 0.511. The summed E-state index contributed by atoms with van der Waals surface area (Å²) in [7, 11) is 0. The van der Waals surface area contributed by atoms with Crippen molar-refractivity contribution in [1.82, 2.24) is 0 Å². The lowest BCUT2D eigenvalue weighted by atomic mass is 10.1. The number of benzene rings is 1. The molecule has 0 spiro atoms. The van der Waals surface area contributed by atoms with Crippen LogP contribution < -0.4 is 4.90 Å². The average molecular weight is 262 g/mol. The third kappa shape index (κ3) is 3.09. The van der Waals surface area contributed by atoms with Gasteiger partial charge < -0.3 is 10.0 Å². The van der Waals surface area contributed by atoms with E-state index in [1.807, 2.05) is 4.90 Å². The number of carboxylic acid groups (broad SMARTS) is 1. The summed E-state index contributed by atoms with van der Waals surface area (Å²) in [6.45, 7) is 1.65. The van der Waals surface area contributed by atoms with Gasteiger partial charge in [0, 0.05) is 25.2 Å². The minimum Gasteiger partial charge on any atom is -0.478 e. The number of carbonyl (C=O) groups is 1. The van der Waals surface area contributed by atoms with E-state index in [-0.39, 0.29) is 5.69 Å². The maximum atomic E-state index is 11.1. The highest BCUT2D eigenvalue weighted by molar-refractivity contribution is 5.85. The molecule has 6 heteroatoms. The molecule has 2 rings (SSSR count). The summed E-state index contributed by atoms with van der Waals surface area (Å²) in [6, 6.07) is 4.79. The second kappa shape index (κ2) is 5.51. The molecule has 1 saturated heterocycles. The smallest absolute Gasteiger partial charge is 0.328 e. The summed E-state index contributed by atoms with van der Waals surface area (Å²) in [4.78, 5) is 23.1. The Hall–Kier alpha value is -2.37. The number of hydrogen-bond donors (Lipinski definition) is 1. The van der Waals surface area contributed by atoms with Crippen molar-refractivity contribution >= 4 is 23.4 Å². The van der Waals surface area contributed by atoms with Gasteiger partial charge in [-0.15, -0.1) is 0 Å². The van der Waals surface area contributed by atoms with Crippen molar-refractivity contribution in [2.75, 3.05) is 18.0 Å². The number of nitro benzene ring substituents is 1. The van der Waals surface area contributed by atoms with E-state index in [1.54, 1.807) is 12.1 Å². The zero-order chi connectivity index (χ0) is 13.8. The van der Waals surface area contributed by atoms with Crippen molar-refractivity contribution in [2.45, 2.75) is 12.8 Å². The molecule has 0 amide bonds. The van der Waals surface area contributed by atoms with Crippen LogP contribution in [0.2, 0.25) is 0 Å². The van der Waals surface area contributed by atoms with Gasteiger partial charge in [0.25, 0.3) is 5.69 Å². The molecule has 1 aliphatic heterocycles. The normalized spacial score (nSPS) is 15.1. The highest BCUT2D eigenvalue weighted by Gasteiger charge is 2.22. The van der Waals surface area contributed by atoms with E-state index in [4.69, 9.17) is 5.11 Å². The number of aliphatic carboxylic acids is 1. The molecule has 1 N–H and O–H groups in total. The first-order chi connectivity index (χ1) is 9.08. The standard InChI is InChI=1S/C13H14N2O4/c16-13(17)6-4-10-3-5-11(12(9-10)15(18)19)14-7-1-2-8-14/h3-6,9H,1-2,7-8H2,(H,16,17)/b6-4-. The molecule has 1 heterocycles. The molecule has 0 radical (unpaired) electrons. The van der Waals surface area contributed by atoms with E-state index in [9.17, 15) is 14.9 Å². The summed E-state index contributed by atoms with van der Waals surface area (Å²) in [6.07, 6.45) is 4.40. The van der Waals surface area contributed by atoms with Crippen LogP contribution in [0.3, 0.4) is 0 Å². The van der Waals surface area contributed by atoms with E-state index in [1.165, 1.54) is 12.1 Å². The third-order valence-corrected chi connectivity index (χ3v) is 3.06. The highest BCUT2D eigenvalue weighted by Crippen LogP contribution is 2.31.